The zero-order valence-electron chi connectivity index (χ0n) is 14.4. The Kier molecular flexibility index (Phi) is 5.69. The number of nitrogens with two attached hydrogens (primary N) is 1. The normalized spacial score (nSPS) is 12.5. The number of benzene rings is 2. The maximum Gasteiger partial charge on any atom is 0.416 e. The second-order valence-corrected chi connectivity index (χ2v) is 6.09. The molecule has 0 aliphatic rings. The quantitative estimate of drug-likeness (QED) is 0.879. The molecule has 0 saturated carbocycles. The van der Waals surface area contributed by atoms with Crippen molar-refractivity contribution in [2.24, 2.45) is 5.73 Å². The molecule has 7 heteroatoms. The Morgan fingerprint density at radius 3 is 1.88 bits per heavy atom. The SMILES string of the molecule is C[C@H](CC(N)=O)N(C)C(=O)c1ccc(-c2ccc(C(F)(F)F)cc2)cc1. The van der Waals surface area contributed by atoms with Crippen molar-refractivity contribution in [3.63, 3.8) is 0 Å². The highest BCUT2D eigenvalue weighted by Crippen LogP contribution is 2.31. The standard InChI is InChI=1S/C19H19F3N2O2/c1-12(11-17(23)25)24(2)18(26)15-5-3-13(4-6-15)14-7-9-16(10-8-14)19(20,21)22/h3-10,12H,11H2,1-2H3,(H2,23,25)/t12-/m1/s1. The molecule has 0 bridgehead atoms. The maximum atomic E-state index is 12.6. The molecule has 0 aromatic heterocycles. The number of alkyl halides is 3. The van der Waals surface area contributed by atoms with Crippen LogP contribution in [0.25, 0.3) is 11.1 Å². The number of nitrogens with zero attached hydrogens (tertiary/aromatic N) is 1. The molecule has 138 valence electrons. The van der Waals surface area contributed by atoms with E-state index >= 15 is 0 Å². The molecule has 0 spiro atoms. The lowest BCUT2D eigenvalue weighted by molar-refractivity contribution is -0.137. The van der Waals surface area contributed by atoms with Crippen molar-refractivity contribution in [1.82, 2.24) is 4.90 Å². The van der Waals surface area contributed by atoms with E-state index in [4.69, 9.17) is 5.73 Å². The average Bonchev–Trinajstić information content (AvgIpc) is 2.59. The van der Waals surface area contributed by atoms with Gasteiger partial charge in [-0.15, -0.1) is 0 Å². The zero-order valence-corrected chi connectivity index (χ0v) is 14.4. The first-order valence-electron chi connectivity index (χ1n) is 7.92. The first-order chi connectivity index (χ1) is 12.1. The Bertz CT molecular complexity index is 784. The predicted molar refractivity (Wildman–Crippen MR) is 92.2 cm³/mol. The summed E-state index contributed by atoms with van der Waals surface area (Å²) in [5, 5.41) is 0. The summed E-state index contributed by atoms with van der Waals surface area (Å²) in [6.45, 7) is 1.72. The first kappa shape index (κ1) is 19.5. The number of carbonyl (C=O) groups is 2. The van der Waals surface area contributed by atoms with Gasteiger partial charge in [-0.1, -0.05) is 24.3 Å². The highest BCUT2D eigenvalue weighted by molar-refractivity contribution is 5.95. The van der Waals surface area contributed by atoms with Crippen molar-refractivity contribution < 1.29 is 22.8 Å². The van der Waals surface area contributed by atoms with E-state index in [9.17, 15) is 22.8 Å². The summed E-state index contributed by atoms with van der Waals surface area (Å²) in [7, 11) is 1.58. The average molecular weight is 364 g/mol. The number of hydrogen-bond donors (Lipinski definition) is 1. The monoisotopic (exact) mass is 364 g/mol. The van der Waals surface area contributed by atoms with Gasteiger partial charge in [0.1, 0.15) is 0 Å². The fourth-order valence-corrected chi connectivity index (χ4v) is 2.49. The number of rotatable bonds is 5. The Morgan fingerprint density at radius 2 is 1.46 bits per heavy atom. The van der Waals surface area contributed by atoms with Gasteiger partial charge in [0.15, 0.2) is 0 Å². The van der Waals surface area contributed by atoms with Crippen LogP contribution in [-0.4, -0.2) is 29.8 Å². The Morgan fingerprint density at radius 1 is 1.00 bits per heavy atom. The molecule has 0 heterocycles. The van der Waals surface area contributed by atoms with Crippen LogP contribution < -0.4 is 5.73 Å². The highest BCUT2D eigenvalue weighted by atomic mass is 19.4. The van der Waals surface area contributed by atoms with Crippen LogP contribution in [0.1, 0.15) is 29.3 Å². The third-order valence-electron chi connectivity index (χ3n) is 4.16. The molecule has 2 amide bonds. The summed E-state index contributed by atoms with van der Waals surface area (Å²) in [5.41, 5.74) is 6.17. The lowest BCUT2D eigenvalue weighted by atomic mass is 10.0. The molecule has 0 aliphatic carbocycles. The second-order valence-electron chi connectivity index (χ2n) is 6.09. The summed E-state index contributed by atoms with van der Waals surface area (Å²) in [4.78, 5) is 24.8. The van der Waals surface area contributed by atoms with E-state index in [1.165, 1.54) is 17.0 Å². The minimum absolute atomic E-state index is 0.0614. The molecule has 0 unspecified atom stereocenters. The van der Waals surface area contributed by atoms with Gasteiger partial charge in [-0.05, 0) is 42.3 Å². The van der Waals surface area contributed by atoms with Crippen molar-refractivity contribution in [1.29, 1.82) is 0 Å². The van der Waals surface area contributed by atoms with Crippen LogP contribution in [0.15, 0.2) is 48.5 Å². The largest absolute Gasteiger partial charge is 0.416 e. The van der Waals surface area contributed by atoms with Gasteiger partial charge in [0.05, 0.1) is 5.56 Å². The lowest BCUT2D eigenvalue weighted by Gasteiger charge is -2.24. The molecule has 0 aliphatic heterocycles. The van der Waals surface area contributed by atoms with Crippen molar-refractivity contribution in [2.75, 3.05) is 7.05 Å². The third-order valence-corrected chi connectivity index (χ3v) is 4.16. The van der Waals surface area contributed by atoms with Gasteiger partial charge in [-0.3, -0.25) is 9.59 Å². The second kappa shape index (κ2) is 7.59. The van der Waals surface area contributed by atoms with Crippen molar-refractivity contribution in [3.05, 3.63) is 59.7 Å². The Labute approximate surface area is 149 Å². The van der Waals surface area contributed by atoms with Gasteiger partial charge < -0.3 is 10.6 Å². The lowest BCUT2D eigenvalue weighted by Crippen LogP contribution is -2.37. The molecule has 26 heavy (non-hydrogen) atoms. The molecule has 1 atom stereocenters. The van der Waals surface area contributed by atoms with E-state index in [1.807, 2.05) is 0 Å². The van der Waals surface area contributed by atoms with E-state index in [0.717, 1.165) is 12.1 Å². The van der Waals surface area contributed by atoms with Crippen LogP contribution in [-0.2, 0) is 11.0 Å². The topological polar surface area (TPSA) is 63.4 Å². The number of amides is 2. The zero-order chi connectivity index (χ0) is 19.5. The van der Waals surface area contributed by atoms with E-state index in [2.05, 4.69) is 0 Å². The van der Waals surface area contributed by atoms with Gasteiger partial charge in [0, 0.05) is 25.1 Å². The van der Waals surface area contributed by atoms with Crippen molar-refractivity contribution >= 4 is 11.8 Å². The molecule has 2 aromatic rings. The molecule has 4 nitrogen and oxygen atoms in total. The molecular weight excluding hydrogens is 345 g/mol. The molecule has 0 radical (unpaired) electrons. The van der Waals surface area contributed by atoms with Gasteiger partial charge in [-0.2, -0.15) is 13.2 Å². The van der Waals surface area contributed by atoms with Gasteiger partial charge in [0.2, 0.25) is 5.91 Å². The molecule has 2 aromatic carbocycles. The molecule has 0 fully saturated rings. The van der Waals surface area contributed by atoms with E-state index in [1.54, 1.807) is 38.2 Å². The third kappa shape index (κ3) is 4.62. The predicted octanol–water partition coefficient (Wildman–Crippen LogP) is 3.71. The van der Waals surface area contributed by atoms with Crippen LogP contribution >= 0.6 is 0 Å². The number of hydrogen-bond acceptors (Lipinski definition) is 2. The smallest absolute Gasteiger partial charge is 0.370 e. The van der Waals surface area contributed by atoms with E-state index in [0.29, 0.717) is 16.7 Å². The summed E-state index contributed by atoms with van der Waals surface area (Å²) in [5.74, 6) is -0.757. The maximum absolute atomic E-state index is 12.6. The van der Waals surface area contributed by atoms with Crippen LogP contribution in [0.2, 0.25) is 0 Å². The van der Waals surface area contributed by atoms with E-state index < -0.39 is 17.6 Å². The number of carbonyl (C=O) groups excluding carboxylic acids is 2. The fourth-order valence-electron chi connectivity index (χ4n) is 2.49. The molecular formula is C19H19F3N2O2. The van der Waals surface area contributed by atoms with Crippen LogP contribution in [0.3, 0.4) is 0 Å². The van der Waals surface area contributed by atoms with Crippen LogP contribution in [0.5, 0.6) is 0 Å². The molecule has 2 rings (SSSR count). The number of halogens is 3. The summed E-state index contributed by atoms with van der Waals surface area (Å²) < 4.78 is 37.8. The summed E-state index contributed by atoms with van der Waals surface area (Å²) in [6.07, 6.45) is -4.31. The van der Waals surface area contributed by atoms with Crippen LogP contribution in [0, 0.1) is 0 Å². The van der Waals surface area contributed by atoms with E-state index in [-0.39, 0.29) is 18.4 Å². The van der Waals surface area contributed by atoms with Crippen molar-refractivity contribution in [3.8, 4) is 11.1 Å². The summed E-state index contributed by atoms with van der Waals surface area (Å²) >= 11 is 0. The molecule has 0 saturated heterocycles. The first-order valence-corrected chi connectivity index (χ1v) is 7.92. The Balaban J connectivity index is 2.15. The van der Waals surface area contributed by atoms with Gasteiger partial charge >= 0.3 is 6.18 Å². The fraction of sp³-hybridized carbons (Fsp3) is 0.263. The van der Waals surface area contributed by atoms with Gasteiger partial charge in [-0.25, -0.2) is 0 Å². The van der Waals surface area contributed by atoms with Crippen LogP contribution in [0.4, 0.5) is 13.2 Å². The summed E-state index contributed by atoms with van der Waals surface area (Å²) in [6, 6.07) is 11.0. The minimum atomic E-state index is -4.37. The minimum Gasteiger partial charge on any atom is -0.370 e. The van der Waals surface area contributed by atoms with Crippen molar-refractivity contribution in [2.45, 2.75) is 25.6 Å². The Hall–Kier alpha value is -2.83. The highest BCUT2D eigenvalue weighted by Gasteiger charge is 2.30. The number of primary amides is 1. The van der Waals surface area contributed by atoms with Gasteiger partial charge in [0.25, 0.3) is 5.91 Å². The molecule has 2 N–H and O–H groups in total.